The highest BCUT2D eigenvalue weighted by Gasteiger charge is 2.53. The molecule has 1 aromatic carbocycles. The van der Waals surface area contributed by atoms with E-state index >= 15 is 0 Å². The van der Waals surface area contributed by atoms with Gasteiger partial charge in [0.05, 0.1) is 60.3 Å². The number of aliphatic hydroxyl groups is 4. The van der Waals surface area contributed by atoms with Crippen LogP contribution in [0.5, 0.6) is 0 Å². The van der Waals surface area contributed by atoms with Crippen molar-refractivity contribution in [3.05, 3.63) is 51.8 Å². The molecule has 1 aromatic heterocycles. The zero-order valence-corrected chi connectivity index (χ0v) is 48.4. The molecule has 20 heteroatoms. The van der Waals surface area contributed by atoms with Crippen molar-refractivity contribution in [1.82, 2.24) is 14.4 Å². The molecule has 0 aliphatic carbocycles. The first-order valence-electron chi connectivity index (χ1n) is 27.4. The molecule has 0 radical (unpaired) electrons. The lowest BCUT2D eigenvalue weighted by atomic mass is 9.77. The lowest BCUT2D eigenvalue weighted by Crippen LogP contribution is -2.61. The number of aromatic nitrogens is 1. The number of fused-ring (bicyclic) bond motifs is 1. The number of benzene rings is 1. The van der Waals surface area contributed by atoms with Gasteiger partial charge in [0.15, 0.2) is 12.6 Å². The SMILES string of the molecule is CC[C@H]1OC(=O)[C@H](C)[C@@H](O[C@H]2C[C@@](C)(OC)[C@@H](OCCCOC/C=C/c3ccc4c(c3)c(=O)c(C(=O)O)cn4CCOC)[C@H](C)O2)[C@H](C)[C@@H](O[C@@H]2O[C@H](C)C[C@H](N(C)C)[C@H]2O)[C@](C)(O)C[C@@H](C)CN(C)[C@H](C)[C@@H](O)[C@]1(C)O. The summed E-state index contributed by atoms with van der Waals surface area (Å²) in [4.78, 5) is 43.3. The van der Waals surface area contributed by atoms with E-state index in [2.05, 4.69) is 0 Å². The number of carboxylic acid groups (broad SMARTS) is 1. The molecule has 0 spiro atoms. The number of rotatable bonds is 19. The van der Waals surface area contributed by atoms with Gasteiger partial charge in [-0.05, 0) is 119 Å². The Morgan fingerprint density at radius 1 is 0.948 bits per heavy atom. The molecule has 3 aliphatic rings. The van der Waals surface area contributed by atoms with Crippen LogP contribution in [0.3, 0.4) is 0 Å². The van der Waals surface area contributed by atoms with Crippen molar-refractivity contribution in [2.24, 2.45) is 17.8 Å². The van der Waals surface area contributed by atoms with E-state index in [-0.39, 0.29) is 49.5 Å². The number of nitrogens with zero attached hydrogens (tertiary/aromatic N) is 3. The highest BCUT2D eigenvalue weighted by Crippen LogP contribution is 2.41. The van der Waals surface area contributed by atoms with Crippen LogP contribution in [-0.2, 0) is 54.0 Å². The molecule has 5 N–H and O–H groups in total. The highest BCUT2D eigenvalue weighted by molar-refractivity contribution is 5.93. The number of aromatic carboxylic acids is 1. The smallest absolute Gasteiger partial charge is 0.341 e. The van der Waals surface area contributed by atoms with E-state index in [4.69, 9.17) is 42.6 Å². The Morgan fingerprint density at radius 3 is 2.29 bits per heavy atom. The van der Waals surface area contributed by atoms with Gasteiger partial charge in [-0.3, -0.25) is 9.59 Å². The van der Waals surface area contributed by atoms with Gasteiger partial charge in [0.2, 0.25) is 5.43 Å². The molecule has 0 bridgehead atoms. The summed E-state index contributed by atoms with van der Waals surface area (Å²) < 4.78 is 58.3. The van der Waals surface area contributed by atoms with Gasteiger partial charge < -0.3 is 82.5 Å². The molecular weight excluding hydrogens is 999 g/mol. The highest BCUT2D eigenvalue weighted by atomic mass is 16.7. The molecule has 3 aliphatic heterocycles. The molecule has 3 fully saturated rings. The summed E-state index contributed by atoms with van der Waals surface area (Å²) in [5.41, 5.74) is -3.94. The van der Waals surface area contributed by atoms with Crippen LogP contribution < -0.4 is 5.43 Å². The van der Waals surface area contributed by atoms with Gasteiger partial charge >= 0.3 is 11.9 Å². The largest absolute Gasteiger partial charge is 0.477 e. The third-order valence-electron chi connectivity index (χ3n) is 16.3. The number of hydrogen-bond donors (Lipinski definition) is 5. The van der Waals surface area contributed by atoms with Crippen LogP contribution >= 0.6 is 0 Å². The molecule has 0 amide bonds. The summed E-state index contributed by atoms with van der Waals surface area (Å²) in [6, 6.07) is 4.43. The second-order valence-electron chi connectivity index (χ2n) is 23.0. The number of carbonyl (C=O) groups excluding carboxylic acids is 1. The summed E-state index contributed by atoms with van der Waals surface area (Å²) in [6.07, 6.45) is -2.54. The quantitative estimate of drug-likeness (QED) is 0.0945. The van der Waals surface area contributed by atoms with Gasteiger partial charge in [0.1, 0.15) is 35.6 Å². The van der Waals surface area contributed by atoms with Gasteiger partial charge in [-0.25, -0.2) is 4.79 Å². The fourth-order valence-electron chi connectivity index (χ4n) is 11.8. The first kappa shape index (κ1) is 64.4. The predicted molar refractivity (Wildman–Crippen MR) is 289 cm³/mol. The van der Waals surface area contributed by atoms with Crippen molar-refractivity contribution in [2.75, 3.05) is 68.3 Å². The van der Waals surface area contributed by atoms with Crippen molar-refractivity contribution >= 4 is 28.9 Å². The number of carbonyl (C=O) groups is 2. The second-order valence-corrected chi connectivity index (χ2v) is 23.0. The van der Waals surface area contributed by atoms with Gasteiger partial charge in [-0.15, -0.1) is 0 Å². The number of pyridine rings is 1. The number of methoxy groups -OCH3 is 2. The average molecular weight is 1090 g/mol. The minimum absolute atomic E-state index is 0.173. The van der Waals surface area contributed by atoms with Crippen LogP contribution in [0.4, 0.5) is 0 Å². The van der Waals surface area contributed by atoms with Crippen LogP contribution in [0, 0.1) is 17.8 Å². The van der Waals surface area contributed by atoms with Gasteiger partial charge in [-0.1, -0.05) is 39.0 Å². The van der Waals surface area contributed by atoms with E-state index < -0.39 is 107 Å². The third kappa shape index (κ3) is 15.7. The maximum Gasteiger partial charge on any atom is 0.341 e. The molecule has 77 heavy (non-hydrogen) atoms. The molecule has 3 saturated heterocycles. The maximum absolute atomic E-state index is 14.6. The van der Waals surface area contributed by atoms with Crippen molar-refractivity contribution in [2.45, 2.75) is 198 Å². The van der Waals surface area contributed by atoms with Crippen LogP contribution in [0.15, 0.2) is 35.3 Å². The Kier molecular flexibility index (Phi) is 23.3. The second kappa shape index (κ2) is 27.8. The average Bonchev–Trinajstić information content (AvgIpc) is 3.36. The van der Waals surface area contributed by atoms with Gasteiger partial charge in [0.25, 0.3) is 0 Å². The topological polar surface area (TPSA) is 247 Å². The Morgan fingerprint density at radius 2 is 1.65 bits per heavy atom. The molecule has 438 valence electrons. The minimum Gasteiger partial charge on any atom is -0.477 e. The van der Waals surface area contributed by atoms with Crippen molar-refractivity contribution < 1.29 is 77.8 Å². The van der Waals surface area contributed by atoms with E-state index in [1.807, 2.05) is 83.8 Å². The Labute approximate surface area is 455 Å². The number of ether oxygens (including phenoxy) is 9. The zero-order chi connectivity index (χ0) is 57.3. The number of aliphatic hydroxyl groups excluding tert-OH is 2. The number of esters is 1. The molecule has 2 aromatic rings. The monoisotopic (exact) mass is 1090 g/mol. The van der Waals surface area contributed by atoms with E-state index in [0.29, 0.717) is 62.2 Å². The maximum atomic E-state index is 14.6. The van der Waals surface area contributed by atoms with E-state index in [9.17, 15) is 39.9 Å². The number of likely N-dealkylation sites (N-methyl/N-ethyl adjacent to an activating group) is 2. The summed E-state index contributed by atoms with van der Waals surface area (Å²) in [5.74, 6) is -4.02. The lowest BCUT2D eigenvalue weighted by Gasteiger charge is -2.49. The van der Waals surface area contributed by atoms with Crippen molar-refractivity contribution in [1.29, 1.82) is 0 Å². The van der Waals surface area contributed by atoms with Crippen molar-refractivity contribution in [3.63, 3.8) is 0 Å². The fourth-order valence-corrected chi connectivity index (χ4v) is 11.8. The molecule has 0 saturated carbocycles. The van der Waals surface area contributed by atoms with Crippen LogP contribution in [-0.4, -0.2) is 210 Å². The Bertz CT molecular complexity index is 2310. The molecule has 4 heterocycles. The zero-order valence-electron chi connectivity index (χ0n) is 48.4. The number of hydrogen-bond acceptors (Lipinski definition) is 18. The summed E-state index contributed by atoms with van der Waals surface area (Å²) in [7, 11) is 8.75. The van der Waals surface area contributed by atoms with E-state index in [0.717, 1.165) is 0 Å². The third-order valence-corrected chi connectivity index (χ3v) is 16.3. The summed E-state index contributed by atoms with van der Waals surface area (Å²) in [6.45, 7) is 20.0. The molecule has 20 nitrogen and oxygen atoms in total. The van der Waals surface area contributed by atoms with E-state index in [1.165, 1.54) is 13.1 Å². The Balaban J connectivity index is 1.33. The number of cyclic esters (lactones) is 1. The molecule has 18 atom stereocenters. The molecule has 5 rings (SSSR count). The first-order valence-corrected chi connectivity index (χ1v) is 27.4. The number of carboxylic acids is 1. The van der Waals surface area contributed by atoms with Crippen LogP contribution in [0.1, 0.15) is 117 Å². The first-order chi connectivity index (χ1) is 36.1. The van der Waals surface area contributed by atoms with Gasteiger partial charge in [-0.2, -0.15) is 0 Å². The summed E-state index contributed by atoms with van der Waals surface area (Å²) >= 11 is 0. The normalized spacial score (nSPS) is 37.5. The van der Waals surface area contributed by atoms with E-state index in [1.54, 1.807) is 58.6 Å². The summed E-state index contributed by atoms with van der Waals surface area (Å²) in [5, 5.41) is 58.1. The lowest BCUT2D eigenvalue weighted by molar-refractivity contribution is -0.320. The van der Waals surface area contributed by atoms with Crippen LogP contribution in [0.25, 0.3) is 17.0 Å². The van der Waals surface area contributed by atoms with Gasteiger partial charge in [0, 0.05) is 76.5 Å². The molecule has 0 unspecified atom stereocenters. The standard InChI is InChI=1S/C57H93N3O17/c1-16-44-57(10,68)49(63)37(6)59(13)31-33(2)29-55(8,67)50(77-54-47(62)43(58(11)12)27-34(3)73-54)35(4)48(36(5)53(66)75-44)76-45-30-56(9,70-15)51(38(7)74-45)72-25-18-24-71-23-17-19-39-20-21-42-40(28-39)46(61)41(52(64)65)32-60(42)22-26-69-14/h17,19-21,28,32-38,43-45,47-51,54,62-63,67-68H,16,18,22-27,29-31H2,1-15H3,(H,64,65)/b19-17+/t33-,34-,35+,36-,37-,38+,43+,44-,45+,47-,48+,49-,50-,51+,54+,55-,56-,57-/m1/s1. The fraction of sp³-hybridized carbons (Fsp3) is 0.772. The predicted octanol–water partition coefficient (Wildman–Crippen LogP) is 4.70. The Hall–Kier alpha value is -3.45. The van der Waals surface area contributed by atoms with Crippen molar-refractivity contribution in [3.8, 4) is 0 Å². The molecular formula is C57H93N3O17. The minimum atomic E-state index is -1.84. The van der Waals surface area contributed by atoms with Crippen LogP contribution in [0.2, 0.25) is 0 Å².